The molecule has 1 aromatic rings. The normalized spacial score (nSPS) is 10.8. The van der Waals surface area contributed by atoms with E-state index in [2.05, 4.69) is 23.7 Å². The van der Waals surface area contributed by atoms with Crippen LogP contribution < -0.4 is 4.90 Å². The van der Waals surface area contributed by atoms with Gasteiger partial charge in [-0.25, -0.2) is 9.78 Å². The zero-order valence-electron chi connectivity index (χ0n) is 8.80. The Balaban J connectivity index is 2.75. The van der Waals surface area contributed by atoms with Gasteiger partial charge in [-0.1, -0.05) is 0 Å². The summed E-state index contributed by atoms with van der Waals surface area (Å²) in [5.41, 5.74) is 0.698. The summed E-state index contributed by atoms with van der Waals surface area (Å²) >= 11 is 1.53. The van der Waals surface area contributed by atoms with Crippen molar-refractivity contribution in [2.45, 2.75) is 13.8 Å². The van der Waals surface area contributed by atoms with Crippen LogP contribution in [-0.2, 0) is 4.79 Å². The van der Waals surface area contributed by atoms with Gasteiger partial charge in [0, 0.05) is 24.5 Å². The minimum absolute atomic E-state index is 0.698. The van der Waals surface area contributed by atoms with E-state index in [9.17, 15) is 4.79 Å². The smallest absolute Gasteiger partial charge is 0.328 e. The highest BCUT2D eigenvalue weighted by molar-refractivity contribution is 7.13. The number of anilines is 1. The summed E-state index contributed by atoms with van der Waals surface area (Å²) in [4.78, 5) is 16.8. The summed E-state index contributed by atoms with van der Waals surface area (Å²) in [6.07, 6.45) is 2.60. The Bertz CT molecular complexity index is 356. The number of hydrogen-bond acceptors (Lipinski definition) is 4. The van der Waals surface area contributed by atoms with Crippen LogP contribution in [0.4, 0.5) is 5.13 Å². The molecule has 0 amide bonds. The first kappa shape index (κ1) is 11.7. The molecule has 0 aliphatic carbocycles. The molecule has 0 unspecified atom stereocenters. The van der Waals surface area contributed by atoms with E-state index in [0.29, 0.717) is 5.69 Å². The number of thiazole rings is 1. The molecule has 0 saturated carbocycles. The standard InChI is InChI=1S/C10H14N2O2S/c1-3-12(4-2)10-11-8(7-15-10)5-6-9(13)14/h5-7H,3-4H2,1-2H3,(H,13,14)/b6-5+. The van der Waals surface area contributed by atoms with Gasteiger partial charge in [-0.15, -0.1) is 11.3 Å². The average molecular weight is 226 g/mol. The number of carboxylic acid groups (broad SMARTS) is 1. The lowest BCUT2D eigenvalue weighted by Gasteiger charge is -2.16. The van der Waals surface area contributed by atoms with Crippen LogP contribution >= 0.6 is 11.3 Å². The summed E-state index contributed by atoms with van der Waals surface area (Å²) < 4.78 is 0. The predicted octanol–water partition coefficient (Wildman–Crippen LogP) is 2.09. The van der Waals surface area contributed by atoms with Gasteiger partial charge in [-0.2, -0.15) is 0 Å². The molecule has 0 atom stereocenters. The number of nitrogens with zero attached hydrogens (tertiary/aromatic N) is 2. The third kappa shape index (κ3) is 3.36. The van der Waals surface area contributed by atoms with Crippen molar-refractivity contribution in [2.75, 3.05) is 18.0 Å². The SMILES string of the molecule is CCN(CC)c1nc(/C=C/C(=O)O)cs1. The Morgan fingerprint density at radius 3 is 2.80 bits per heavy atom. The molecule has 82 valence electrons. The van der Waals surface area contributed by atoms with Crippen molar-refractivity contribution in [3.8, 4) is 0 Å². The van der Waals surface area contributed by atoms with Gasteiger partial charge in [0.25, 0.3) is 0 Å². The maximum Gasteiger partial charge on any atom is 0.328 e. The Morgan fingerprint density at radius 1 is 1.60 bits per heavy atom. The topological polar surface area (TPSA) is 53.4 Å². The molecule has 1 heterocycles. The van der Waals surface area contributed by atoms with Crippen LogP contribution in [0.1, 0.15) is 19.5 Å². The molecule has 4 nitrogen and oxygen atoms in total. The van der Waals surface area contributed by atoms with Crippen molar-refractivity contribution in [1.82, 2.24) is 4.98 Å². The van der Waals surface area contributed by atoms with Gasteiger partial charge in [0.15, 0.2) is 5.13 Å². The second-order valence-electron chi connectivity index (χ2n) is 2.90. The first-order chi connectivity index (χ1) is 7.17. The molecule has 5 heteroatoms. The van der Waals surface area contributed by atoms with Gasteiger partial charge in [0.05, 0.1) is 5.69 Å². The van der Waals surface area contributed by atoms with Gasteiger partial charge >= 0.3 is 5.97 Å². The molecule has 0 spiro atoms. The van der Waals surface area contributed by atoms with Gasteiger partial charge in [-0.3, -0.25) is 0 Å². The van der Waals surface area contributed by atoms with Crippen LogP contribution in [0.3, 0.4) is 0 Å². The lowest BCUT2D eigenvalue weighted by Crippen LogP contribution is -2.21. The zero-order valence-corrected chi connectivity index (χ0v) is 9.62. The highest BCUT2D eigenvalue weighted by atomic mass is 32.1. The van der Waals surface area contributed by atoms with E-state index in [1.54, 1.807) is 0 Å². The number of hydrogen-bond donors (Lipinski definition) is 1. The summed E-state index contributed by atoms with van der Waals surface area (Å²) in [5, 5.41) is 11.3. The lowest BCUT2D eigenvalue weighted by atomic mass is 10.4. The van der Waals surface area contributed by atoms with Crippen LogP contribution in [0.15, 0.2) is 11.5 Å². The van der Waals surface area contributed by atoms with E-state index < -0.39 is 5.97 Å². The molecule has 1 rings (SSSR count). The van der Waals surface area contributed by atoms with Crippen molar-refractivity contribution < 1.29 is 9.90 Å². The monoisotopic (exact) mass is 226 g/mol. The Morgan fingerprint density at radius 2 is 2.27 bits per heavy atom. The zero-order chi connectivity index (χ0) is 11.3. The largest absolute Gasteiger partial charge is 0.478 e. The molecular formula is C10H14N2O2S. The average Bonchev–Trinajstić information content (AvgIpc) is 2.65. The van der Waals surface area contributed by atoms with Crippen molar-refractivity contribution >= 4 is 28.5 Å². The quantitative estimate of drug-likeness (QED) is 0.781. The Hall–Kier alpha value is -1.36. The fraction of sp³-hybridized carbons (Fsp3) is 0.400. The molecule has 15 heavy (non-hydrogen) atoms. The first-order valence-corrected chi connectivity index (χ1v) is 5.66. The van der Waals surface area contributed by atoms with Crippen molar-refractivity contribution in [3.63, 3.8) is 0 Å². The van der Waals surface area contributed by atoms with E-state index >= 15 is 0 Å². The Kier molecular flexibility index (Phi) is 4.30. The molecule has 0 aromatic carbocycles. The molecule has 0 aliphatic rings. The number of aromatic nitrogens is 1. The van der Waals surface area contributed by atoms with Gasteiger partial charge in [-0.05, 0) is 19.9 Å². The second-order valence-corrected chi connectivity index (χ2v) is 3.74. The Labute approximate surface area is 92.9 Å². The second kappa shape index (κ2) is 5.50. The van der Waals surface area contributed by atoms with Crippen LogP contribution in [0.5, 0.6) is 0 Å². The van der Waals surface area contributed by atoms with E-state index in [-0.39, 0.29) is 0 Å². The summed E-state index contributed by atoms with van der Waals surface area (Å²) in [5.74, 6) is -0.951. The van der Waals surface area contributed by atoms with E-state index in [4.69, 9.17) is 5.11 Å². The van der Waals surface area contributed by atoms with Gasteiger partial charge in [0.1, 0.15) is 0 Å². The van der Waals surface area contributed by atoms with Crippen molar-refractivity contribution in [3.05, 3.63) is 17.2 Å². The van der Waals surface area contributed by atoms with E-state index in [0.717, 1.165) is 24.3 Å². The van der Waals surface area contributed by atoms with Gasteiger partial charge < -0.3 is 10.0 Å². The van der Waals surface area contributed by atoms with E-state index in [1.165, 1.54) is 17.4 Å². The summed E-state index contributed by atoms with van der Waals surface area (Å²) in [7, 11) is 0. The van der Waals surface area contributed by atoms with Gasteiger partial charge in [0.2, 0.25) is 0 Å². The minimum Gasteiger partial charge on any atom is -0.478 e. The van der Waals surface area contributed by atoms with Crippen LogP contribution in [-0.4, -0.2) is 29.1 Å². The number of aliphatic carboxylic acids is 1. The number of rotatable bonds is 5. The number of carbonyl (C=O) groups is 1. The minimum atomic E-state index is -0.951. The lowest BCUT2D eigenvalue weighted by molar-refractivity contribution is -0.131. The van der Waals surface area contributed by atoms with Crippen molar-refractivity contribution in [1.29, 1.82) is 0 Å². The fourth-order valence-corrected chi connectivity index (χ4v) is 2.07. The predicted molar refractivity (Wildman–Crippen MR) is 62.3 cm³/mol. The number of carboxylic acids is 1. The maximum atomic E-state index is 10.3. The molecular weight excluding hydrogens is 212 g/mol. The van der Waals surface area contributed by atoms with E-state index in [1.807, 2.05) is 5.38 Å². The molecule has 0 aliphatic heterocycles. The third-order valence-electron chi connectivity index (χ3n) is 1.94. The van der Waals surface area contributed by atoms with Crippen LogP contribution in [0.25, 0.3) is 6.08 Å². The fourth-order valence-electron chi connectivity index (χ4n) is 1.15. The molecule has 0 bridgehead atoms. The molecule has 0 fully saturated rings. The third-order valence-corrected chi connectivity index (χ3v) is 2.86. The highest BCUT2D eigenvalue weighted by Crippen LogP contribution is 2.20. The highest BCUT2D eigenvalue weighted by Gasteiger charge is 2.05. The molecule has 1 aromatic heterocycles. The first-order valence-electron chi connectivity index (χ1n) is 4.78. The molecule has 1 N–H and O–H groups in total. The van der Waals surface area contributed by atoms with Crippen LogP contribution in [0, 0.1) is 0 Å². The van der Waals surface area contributed by atoms with Crippen LogP contribution in [0.2, 0.25) is 0 Å². The summed E-state index contributed by atoms with van der Waals surface area (Å²) in [6, 6.07) is 0. The molecule has 0 radical (unpaired) electrons. The van der Waals surface area contributed by atoms with Crippen molar-refractivity contribution in [2.24, 2.45) is 0 Å². The maximum absolute atomic E-state index is 10.3. The molecule has 0 saturated heterocycles. The summed E-state index contributed by atoms with van der Waals surface area (Å²) in [6.45, 7) is 5.95.